The first-order valence-corrected chi connectivity index (χ1v) is 12.6. The van der Waals surface area contributed by atoms with Crippen LogP contribution >= 0.6 is 0 Å². The number of esters is 1. The number of hydrogen-bond donors (Lipinski definition) is 0. The first-order chi connectivity index (χ1) is 14.8. The Morgan fingerprint density at radius 3 is 2.65 bits per heavy atom. The fraction of sp³-hybridized carbons (Fsp3) is 0.679. The molecule has 3 nitrogen and oxygen atoms in total. The molecule has 1 heterocycles. The minimum absolute atomic E-state index is 0.144. The molecule has 1 aromatic carbocycles. The molecular formula is C28H42O3. The van der Waals surface area contributed by atoms with Gasteiger partial charge in [0.2, 0.25) is 0 Å². The van der Waals surface area contributed by atoms with Crippen molar-refractivity contribution in [1.29, 1.82) is 0 Å². The fourth-order valence-corrected chi connectivity index (χ4v) is 5.12. The molecule has 4 unspecified atom stereocenters. The third kappa shape index (κ3) is 5.54. The lowest BCUT2D eigenvalue weighted by Gasteiger charge is -2.35. The summed E-state index contributed by atoms with van der Waals surface area (Å²) in [5.74, 6) is 4.51. The van der Waals surface area contributed by atoms with Gasteiger partial charge in [0.05, 0.1) is 0 Å². The molecule has 3 heteroatoms. The zero-order chi connectivity index (χ0) is 22.5. The van der Waals surface area contributed by atoms with Gasteiger partial charge in [-0.25, -0.2) is 0 Å². The van der Waals surface area contributed by atoms with Crippen LogP contribution in [0.5, 0.6) is 11.5 Å². The van der Waals surface area contributed by atoms with E-state index >= 15 is 0 Å². The molecule has 1 aromatic rings. The number of carbonyl (C=O) groups is 1. The van der Waals surface area contributed by atoms with Crippen LogP contribution in [0.25, 0.3) is 0 Å². The summed E-state index contributed by atoms with van der Waals surface area (Å²) < 4.78 is 12.5. The maximum Gasteiger partial charge on any atom is 0.311 e. The smallest absolute Gasteiger partial charge is 0.311 e. The highest BCUT2D eigenvalue weighted by molar-refractivity contribution is 5.74. The third-order valence-corrected chi connectivity index (χ3v) is 7.43. The molecule has 0 N–H and O–H groups in total. The Labute approximate surface area is 189 Å². The number of carbonyl (C=O) groups excluding carboxylic acids is 1. The van der Waals surface area contributed by atoms with Gasteiger partial charge in [-0.15, -0.1) is 0 Å². The van der Waals surface area contributed by atoms with E-state index in [0.717, 1.165) is 42.1 Å². The average Bonchev–Trinajstić information content (AvgIpc) is 2.72. The summed E-state index contributed by atoms with van der Waals surface area (Å²) in [7, 11) is 0. The topological polar surface area (TPSA) is 35.5 Å². The van der Waals surface area contributed by atoms with Crippen molar-refractivity contribution in [3.63, 3.8) is 0 Å². The summed E-state index contributed by atoms with van der Waals surface area (Å²) in [5, 5.41) is 0. The van der Waals surface area contributed by atoms with Crippen molar-refractivity contribution in [2.45, 2.75) is 111 Å². The Kier molecular flexibility index (Phi) is 8.24. The van der Waals surface area contributed by atoms with Gasteiger partial charge in [0, 0.05) is 24.3 Å². The van der Waals surface area contributed by atoms with Crippen LogP contribution in [0.2, 0.25) is 0 Å². The molecule has 0 amide bonds. The van der Waals surface area contributed by atoms with E-state index in [2.05, 4.69) is 46.8 Å². The Bertz CT molecular complexity index is 807. The number of fused-ring (bicyclic) bond motifs is 1. The number of unbranched alkanes of at least 4 members (excludes halogenated alkanes) is 2. The second-order valence-corrected chi connectivity index (χ2v) is 10.0. The number of rotatable bonds is 9. The van der Waals surface area contributed by atoms with Crippen molar-refractivity contribution >= 4 is 5.97 Å². The highest BCUT2D eigenvalue weighted by atomic mass is 16.5. The fourth-order valence-electron chi connectivity index (χ4n) is 5.12. The summed E-state index contributed by atoms with van der Waals surface area (Å²) in [6, 6.07) is 4.36. The second kappa shape index (κ2) is 10.7. The molecule has 1 aliphatic heterocycles. The maximum atomic E-state index is 12.4. The van der Waals surface area contributed by atoms with Gasteiger partial charge in [-0.05, 0) is 60.3 Å². The minimum Gasteiger partial charge on any atom is -0.461 e. The molecule has 2 aliphatic rings. The van der Waals surface area contributed by atoms with Gasteiger partial charge in [-0.3, -0.25) is 4.79 Å². The Morgan fingerprint density at radius 2 is 1.94 bits per heavy atom. The summed E-state index contributed by atoms with van der Waals surface area (Å²) in [5.41, 5.74) is 3.68. The van der Waals surface area contributed by atoms with E-state index in [1.165, 1.54) is 43.2 Å². The van der Waals surface area contributed by atoms with Crippen LogP contribution in [0.3, 0.4) is 0 Å². The van der Waals surface area contributed by atoms with Crippen LogP contribution in [-0.4, -0.2) is 5.97 Å². The standard InChI is InChI=1S/C28H42O3/c1-7-9-10-12-19(4)20(5)22-16-25-28(26(17-22)31-27(29)11-8-2)21(6)23-14-13-18(3)15-24(23)30-25/h16-21H,7-15H2,1-6H3. The lowest BCUT2D eigenvalue weighted by Crippen LogP contribution is -2.22. The quantitative estimate of drug-likeness (QED) is 0.226. The molecule has 0 saturated carbocycles. The SMILES string of the molecule is CCCCCC(C)C(C)c1cc(OC(=O)CCC)c2c(c1)OC1=C(CCC(C)C1)C2C. The van der Waals surface area contributed by atoms with Gasteiger partial charge >= 0.3 is 5.97 Å². The number of ether oxygens (including phenoxy) is 2. The first-order valence-electron chi connectivity index (χ1n) is 12.6. The highest BCUT2D eigenvalue weighted by Gasteiger charge is 2.34. The van der Waals surface area contributed by atoms with Crippen LogP contribution in [0, 0.1) is 11.8 Å². The van der Waals surface area contributed by atoms with Crippen LogP contribution in [0.1, 0.15) is 122 Å². The van der Waals surface area contributed by atoms with Gasteiger partial charge in [-0.1, -0.05) is 67.2 Å². The third-order valence-electron chi connectivity index (χ3n) is 7.43. The van der Waals surface area contributed by atoms with Gasteiger partial charge in [0.25, 0.3) is 0 Å². The molecule has 0 fully saturated rings. The van der Waals surface area contributed by atoms with Crippen molar-refractivity contribution in [1.82, 2.24) is 0 Å². The summed E-state index contributed by atoms with van der Waals surface area (Å²) >= 11 is 0. The molecule has 0 bridgehead atoms. The lowest BCUT2D eigenvalue weighted by molar-refractivity contribution is -0.134. The van der Waals surface area contributed by atoms with Crippen LogP contribution in [-0.2, 0) is 4.79 Å². The molecule has 172 valence electrons. The molecule has 0 radical (unpaired) electrons. The minimum atomic E-state index is -0.144. The highest BCUT2D eigenvalue weighted by Crippen LogP contribution is 2.50. The van der Waals surface area contributed by atoms with Gasteiger partial charge in [-0.2, -0.15) is 0 Å². The Morgan fingerprint density at radius 1 is 1.16 bits per heavy atom. The molecular weight excluding hydrogens is 384 g/mol. The van der Waals surface area contributed by atoms with Crippen molar-refractivity contribution < 1.29 is 14.3 Å². The van der Waals surface area contributed by atoms with Crippen LogP contribution < -0.4 is 9.47 Å². The average molecular weight is 427 g/mol. The molecule has 1 aliphatic carbocycles. The molecule has 4 atom stereocenters. The van der Waals surface area contributed by atoms with Gasteiger partial charge in [0.1, 0.15) is 17.3 Å². The molecule has 0 spiro atoms. The van der Waals surface area contributed by atoms with E-state index < -0.39 is 0 Å². The Balaban J connectivity index is 1.95. The first kappa shape index (κ1) is 23.9. The summed E-state index contributed by atoms with van der Waals surface area (Å²) in [4.78, 5) is 12.4. The second-order valence-electron chi connectivity index (χ2n) is 10.0. The van der Waals surface area contributed by atoms with Gasteiger partial charge < -0.3 is 9.47 Å². The van der Waals surface area contributed by atoms with E-state index in [9.17, 15) is 4.79 Å². The largest absolute Gasteiger partial charge is 0.461 e. The molecule has 3 rings (SSSR count). The molecule has 0 aromatic heterocycles. The van der Waals surface area contributed by atoms with Crippen molar-refractivity contribution in [2.24, 2.45) is 11.8 Å². The zero-order valence-corrected chi connectivity index (χ0v) is 20.6. The predicted octanol–water partition coefficient (Wildman–Crippen LogP) is 8.28. The summed E-state index contributed by atoms with van der Waals surface area (Å²) in [6.07, 6.45) is 9.57. The van der Waals surface area contributed by atoms with E-state index in [4.69, 9.17) is 9.47 Å². The van der Waals surface area contributed by atoms with Crippen molar-refractivity contribution in [3.8, 4) is 11.5 Å². The molecule has 0 saturated heterocycles. The number of allylic oxidation sites excluding steroid dienone is 2. The number of benzene rings is 1. The number of hydrogen-bond acceptors (Lipinski definition) is 3. The maximum absolute atomic E-state index is 12.4. The summed E-state index contributed by atoms with van der Waals surface area (Å²) in [6.45, 7) is 13.5. The van der Waals surface area contributed by atoms with Gasteiger partial charge in [0.15, 0.2) is 0 Å². The van der Waals surface area contributed by atoms with Crippen LogP contribution in [0.15, 0.2) is 23.5 Å². The van der Waals surface area contributed by atoms with E-state index in [-0.39, 0.29) is 11.9 Å². The van der Waals surface area contributed by atoms with Crippen LogP contribution in [0.4, 0.5) is 0 Å². The lowest BCUT2D eigenvalue weighted by atomic mass is 9.78. The van der Waals surface area contributed by atoms with Crippen molar-refractivity contribution in [2.75, 3.05) is 0 Å². The van der Waals surface area contributed by atoms with E-state index in [1.54, 1.807) is 0 Å². The van der Waals surface area contributed by atoms with E-state index in [1.807, 2.05) is 6.92 Å². The predicted molar refractivity (Wildman–Crippen MR) is 128 cm³/mol. The normalized spacial score (nSPS) is 22.3. The van der Waals surface area contributed by atoms with E-state index in [0.29, 0.717) is 24.2 Å². The monoisotopic (exact) mass is 426 g/mol. The van der Waals surface area contributed by atoms with Crippen molar-refractivity contribution in [3.05, 3.63) is 34.6 Å². The zero-order valence-electron chi connectivity index (χ0n) is 20.6. The molecule has 31 heavy (non-hydrogen) atoms. The Hall–Kier alpha value is -1.77.